The Morgan fingerprint density at radius 1 is 1.72 bits per heavy atom. The summed E-state index contributed by atoms with van der Waals surface area (Å²) in [5.41, 5.74) is 6.04. The van der Waals surface area contributed by atoms with E-state index >= 15 is 0 Å². The number of aromatic hydroxyl groups is 1. The molecule has 2 rings (SSSR count). The van der Waals surface area contributed by atoms with E-state index < -0.39 is 0 Å². The van der Waals surface area contributed by atoms with Gasteiger partial charge in [0.05, 0.1) is 24.5 Å². The molecule has 98 valence electrons. The molecule has 1 saturated heterocycles. The zero-order chi connectivity index (χ0) is 13.1. The van der Waals surface area contributed by atoms with Gasteiger partial charge in [-0.3, -0.25) is 9.78 Å². The predicted octanol–water partition coefficient (Wildman–Crippen LogP) is -0.0246. The molecule has 0 aromatic carbocycles. The van der Waals surface area contributed by atoms with Crippen molar-refractivity contribution in [3.63, 3.8) is 0 Å². The summed E-state index contributed by atoms with van der Waals surface area (Å²) in [6.45, 7) is 3.26. The fraction of sp³-hybridized carbons (Fsp3) is 0.500. The summed E-state index contributed by atoms with van der Waals surface area (Å²) in [5.74, 6) is -0.324. The number of morpholine rings is 1. The molecule has 1 aromatic rings. The van der Waals surface area contributed by atoms with Crippen molar-refractivity contribution in [3.8, 4) is 5.75 Å². The van der Waals surface area contributed by atoms with Crippen molar-refractivity contribution in [2.75, 3.05) is 19.7 Å². The Morgan fingerprint density at radius 2 is 2.50 bits per heavy atom. The number of nitrogens with zero attached hydrogens (tertiary/aromatic N) is 2. The molecule has 0 radical (unpaired) electrons. The van der Waals surface area contributed by atoms with E-state index in [-0.39, 0.29) is 29.4 Å². The minimum Gasteiger partial charge on any atom is -0.505 e. The van der Waals surface area contributed by atoms with Crippen LogP contribution < -0.4 is 5.73 Å². The minimum absolute atomic E-state index is 0.105. The van der Waals surface area contributed by atoms with Crippen LogP contribution in [0.3, 0.4) is 0 Å². The topological polar surface area (TPSA) is 88.7 Å². The van der Waals surface area contributed by atoms with Gasteiger partial charge >= 0.3 is 0 Å². The summed E-state index contributed by atoms with van der Waals surface area (Å²) in [4.78, 5) is 17.6. The van der Waals surface area contributed by atoms with Gasteiger partial charge in [0.25, 0.3) is 5.91 Å². The van der Waals surface area contributed by atoms with Gasteiger partial charge in [0.1, 0.15) is 5.75 Å². The monoisotopic (exact) mass is 251 g/mol. The quantitative estimate of drug-likeness (QED) is 0.771. The molecule has 6 heteroatoms. The molecule has 0 aliphatic carbocycles. The average molecular weight is 251 g/mol. The number of nitrogens with two attached hydrogens (primary N) is 1. The van der Waals surface area contributed by atoms with Crippen LogP contribution in [0.4, 0.5) is 0 Å². The highest BCUT2D eigenvalue weighted by Crippen LogP contribution is 2.18. The van der Waals surface area contributed by atoms with Gasteiger partial charge in [-0.15, -0.1) is 0 Å². The Hall–Kier alpha value is -1.66. The molecule has 1 amide bonds. The molecule has 0 spiro atoms. The third kappa shape index (κ3) is 2.60. The molecule has 3 N–H and O–H groups in total. The van der Waals surface area contributed by atoms with E-state index in [4.69, 9.17) is 10.5 Å². The maximum absolute atomic E-state index is 12.2. The second kappa shape index (κ2) is 5.32. The van der Waals surface area contributed by atoms with Crippen LogP contribution in [-0.4, -0.2) is 52.7 Å². The summed E-state index contributed by atoms with van der Waals surface area (Å²) in [6, 6.07) is 1.38. The standard InChI is InChI=1S/C12H17N3O3/c1-8(13)11-7-15(4-5-18-11)12(17)9-2-3-14-6-10(9)16/h2-3,6,8,11,16H,4-5,7,13H2,1H3. The molecule has 1 fully saturated rings. The highest BCUT2D eigenvalue weighted by Gasteiger charge is 2.28. The number of hydrogen-bond donors (Lipinski definition) is 2. The van der Waals surface area contributed by atoms with Gasteiger partial charge in [0, 0.05) is 25.3 Å². The number of amides is 1. The average Bonchev–Trinajstić information content (AvgIpc) is 2.38. The number of pyridine rings is 1. The molecule has 2 atom stereocenters. The second-order valence-corrected chi connectivity index (χ2v) is 4.41. The van der Waals surface area contributed by atoms with Crippen LogP contribution in [0.1, 0.15) is 17.3 Å². The largest absolute Gasteiger partial charge is 0.505 e. The van der Waals surface area contributed by atoms with Crippen LogP contribution in [0.5, 0.6) is 5.75 Å². The van der Waals surface area contributed by atoms with E-state index in [0.717, 1.165) is 0 Å². The summed E-state index contributed by atoms with van der Waals surface area (Å²) >= 11 is 0. The van der Waals surface area contributed by atoms with E-state index in [1.54, 1.807) is 4.90 Å². The van der Waals surface area contributed by atoms with Gasteiger partial charge < -0.3 is 20.5 Å². The first-order valence-electron chi connectivity index (χ1n) is 5.89. The van der Waals surface area contributed by atoms with Crippen LogP contribution in [0, 0.1) is 0 Å². The van der Waals surface area contributed by atoms with Crippen molar-refractivity contribution in [1.29, 1.82) is 0 Å². The number of rotatable bonds is 2. The summed E-state index contributed by atoms with van der Waals surface area (Å²) in [7, 11) is 0. The number of ether oxygens (including phenoxy) is 1. The molecular formula is C12H17N3O3. The van der Waals surface area contributed by atoms with Crippen LogP contribution in [0.2, 0.25) is 0 Å². The molecule has 0 saturated carbocycles. The van der Waals surface area contributed by atoms with Gasteiger partial charge in [-0.2, -0.15) is 0 Å². The minimum atomic E-state index is -0.219. The molecular weight excluding hydrogens is 234 g/mol. The lowest BCUT2D eigenvalue weighted by Gasteiger charge is -2.34. The van der Waals surface area contributed by atoms with Gasteiger partial charge in [-0.1, -0.05) is 0 Å². The Morgan fingerprint density at radius 3 is 3.17 bits per heavy atom. The van der Waals surface area contributed by atoms with Crippen LogP contribution >= 0.6 is 0 Å². The lowest BCUT2D eigenvalue weighted by atomic mass is 10.1. The molecule has 1 aromatic heterocycles. The smallest absolute Gasteiger partial charge is 0.257 e. The van der Waals surface area contributed by atoms with Crippen molar-refractivity contribution < 1.29 is 14.6 Å². The molecule has 1 aliphatic heterocycles. The Balaban J connectivity index is 2.12. The normalized spacial score (nSPS) is 21.7. The van der Waals surface area contributed by atoms with E-state index in [1.165, 1.54) is 18.5 Å². The highest BCUT2D eigenvalue weighted by atomic mass is 16.5. The number of carbonyl (C=O) groups is 1. The first kappa shape index (κ1) is 12.8. The second-order valence-electron chi connectivity index (χ2n) is 4.41. The number of hydrogen-bond acceptors (Lipinski definition) is 5. The van der Waals surface area contributed by atoms with E-state index in [1.807, 2.05) is 6.92 Å². The van der Waals surface area contributed by atoms with Gasteiger partial charge in [-0.25, -0.2) is 0 Å². The van der Waals surface area contributed by atoms with E-state index in [9.17, 15) is 9.90 Å². The third-order valence-electron chi connectivity index (χ3n) is 3.00. The lowest BCUT2D eigenvalue weighted by Crippen LogP contribution is -2.51. The fourth-order valence-corrected chi connectivity index (χ4v) is 1.92. The molecule has 2 unspecified atom stereocenters. The van der Waals surface area contributed by atoms with Crippen molar-refractivity contribution in [3.05, 3.63) is 24.0 Å². The maximum atomic E-state index is 12.2. The molecule has 6 nitrogen and oxygen atoms in total. The van der Waals surface area contributed by atoms with Crippen LogP contribution in [0.25, 0.3) is 0 Å². The molecule has 2 heterocycles. The highest BCUT2D eigenvalue weighted by molar-refractivity contribution is 5.96. The Bertz CT molecular complexity index is 436. The van der Waals surface area contributed by atoms with Gasteiger partial charge in [0.15, 0.2) is 0 Å². The van der Waals surface area contributed by atoms with Crippen molar-refractivity contribution >= 4 is 5.91 Å². The predicted molar refractivity (Wildman–Crippen MR) is 65.2 cm³/mol. The van der Waals surface area contributed by atoms with Crippen LogP contribution in [0.15, 0.2) is 18.5 Å². The lowest BCUT2D eigenvalue weighted by molar-refractivity contribution is -0.0300. The number of carbonyl (C=O) groups excluding carboxylic acids is 1. The maximum Gasteiger partial charge on any atom is 0.257 e. The Labute approximate surface area is 105 Å². The van der Waals surface area contributed by atoms with Crippen molar-refractivity contribution in [2.24, 2.45) is 5.73 Å². The van der Waals surface area contributed by atoms with Gasteiger partial charge in [0.2, 0.25) is 0 Å². The first-order chi connectivity index (χ1) is 8.59. The first-order valence-corrected chi connectivity index (χ1v) is 5.89. The third-order valence-corrected chi connectivity index (χ3v) is 3.00. The molecule has 18 heavy (non-hydrogen) atoms. The van der Waals surface area contributed by atoms with E-state index in [2.05, 4.69) is 4.98 Å². The SMILES string of the molecule is CC(N)C1CN(C(=O)c2ccncc2O)CCO1. The molecule has 0 bridgehead atoms. The molecule has 1 aliphatic rings. The van der Waals surface area contributed by atoms with Crippen LogP contribution in [-0.2, 0) is 4.74 Å². The number of aromatic nitrogens is 1. The van der Waals surface area contributed by atoms with Gasteiger partial charge in [-0.05, 0) is 13.0 Å². The van der Waals surface area contributed by atoms with Crippen molar-refractivity contribution in [1.82, 2.24) is 9.88 Å². The summed E-state index contributed by atoms with van der Waals surface area (Å²) < 4.78 is 5.49. The van der Waals surface area contributed by atoms with Crippen molar-refractivity contribution in [2.45, 2.75) is 19.1 Å². The zero-order valence-electron chi connectivity index (χ0n) is 10.2. The zero-order valence-corrected chi connectivity index (χ0v) is 10.2. The summed E-state index contributed by atoms with van der Waals surface area (Å²) in [6.07, 6.45) is 2.58. The fourth-order valence-electron chi connectivity index (χ4n) is 1.92. The Kier molecular flexibility index (Phi) is 3.78. The van der Waals surface area contributed by atoms with E-state index in [0.29, 0.717) is 19.7 Å². The summed E-state index contributed by atoms with van der Waals surface area (Å²) in [5, 5.41) is 9.62.